The summed E-state index contributed by atoms with van der Waals surface area (Å²) in [6, 6.07) is 9.30. The summed E-state index contributed by atoms with van der Waals surface area (Å²) in [6.45, 7) is 0. The number of aliphatic carboxylic acids is 1. The number of carboxylic acid groups (broad SMARTS) is 1. The maximum Gasteiger partial charge on any atom is 2.00 e. The van der Waals surface area contributed by atoms with E-state index in [1.807, 2.05) is 0 Å². The number of hydrogen-bond donors (Lipinski definition) is 2. The first-order chi connectivity index (χ1) is 12.9. The van der Waals surface area contributed by atoms with Crippen LogP contribution >= 0.6 is 0 Å². The molecule has 2 aromatic carbocycles. The molecule has 0 aromatic heterocycles. The summed E-state index contributed by atoms with van der Waals surface area (Å²) >= 11 is 0. The fraction of sp³-hybridized carbons (Fsp3) is 0.100. The van der Waals surface area contributed by atoms with Crippen LogP contribution in [0, 0.1) is 0 Å². The normalized spacial score (nSPS) is 9.48. The fourth-order valence-electron chi connectivity index (χ4n) is 2.14. The molecule has 0 spiro atoms. The van der Waals surface area contributed by atoms with Crippen LogP contribution < -0.4 is 14.2 Å². The molecule has 6 N–H and O–H groups in total. The van der Waals surface area contributed by atoms with E-state index in [1.54, 1.807) is 24.3 Å². The first-order valence-corrected chi connectivity index (χ1v) is 7.79. The van der Waals surface area contributed by atoms with Gasteiger partial charge < -0.3 is 41.1 Å². The van der Waals surface area contributed by atoms with Gasteiger partial charge in [-0.3, -0.25) is 0 Å². The van der Waals surface area contributed by atoms with Crippen molar-refractivity contribution in [2.24, 2.45) is 0 Å². The van der Waals surface area contributed by atoms with E-state index in [0.29, 0.717) is 11.1 Å². The Morgan fingerprint density at radius 1 is 0.871 bits per heavy atom. The van der Waals surface area contributed by atoms with E-state index < -0.39 is 11.9 Å². The number of benzene rings is 2. The average Bonchev–Trinajstić information content (AvgIpc) is 2.66. The van der Waals surface area contributed by atoms with E-state index in [9.17, 15) is 14.7 Å². The first-order valence-electron chi connectivity index (χ1n) is 7.79. The Morgan fingerprint density at radius 3 is 1.94 bits per heavy atom. The molecule has 2 rings (SSSR count). The molecule has 0 radical (unpaired) electrons. The molecule has 0 unspecified atom stereocenters. The number of carbonyl (C=O) groups is 2. The van der Waals surface area contributed by atoms with Crippen LogP contribution in [0.2, 0.25) is 0 Å². The minimum absolute atomic E-state index is 0. The van der Waals surface area contributed by atoms with Gasteiger partial charge in [0.2, 0.25) is 0 Å². The van der Waals surface area contributed by atoms with Crippen molar-refractivity contribution in [3.63, 3.8) is 0 Å². The van der Waals surface area contributed by atoms with Gasteiger partial charge in [-0.2, -0.15) is 0 Å². The zero-order chi connectivity index (χ0) is 19.8. The van der Waals surface area contributed by atoms with Crippen molar-refractivity contribution >= 4 is 84.9 Å². The Labute approximate surface area is 231 Å². The van der Waals surface area contributed by atoms with Gasteiger partial charge in [0, 0.05) is 12.2 Å². The zero-order valence-electron chi connectivity index (χ0n) is 21.1. The molecule has 0 aliphatic carbocycles. The predicted molar refractivity (Wildman–Crippen MR) is 122 cm³/mol. The molecule has 0 atom stereocenters. The molecule has 11 heteroatoms. The number of rotatable bonds is 7. The SMILES string of the molecule is COc1cc(C=CC(=O)Oc2ccc(C=CC(=O)O)cc2OC)ccc1O.O.O.[Ca+2].[H-].[H-].[H-].[H-].[Mg+2]. The molecule has 164 valence electrons. The van der Waals surface area contributed by atoms with Crippen molar-refractivity contribution in [1.29, 1.82) is 0 Å². The molecule has 2 aromatic rings. The second kappa shape index (κ2) is 16.8. The van der Waals surface area contributed by atoms with Crippen molar-refractivity contribution < 1.29 is 50.7 Å². The van der Waals surface area contributed by atoms with Crippen LogP contribution in [0.5, 0.6) is 23.0 Å². The van der Waals surface area contributed by atoms with Crippen LogP contribution in [0.15, 0.2) is 48.6 Å². The first kappa shape index (κ1) is 33.8. The minimum atomic E-state index is -1.07. The Hall–Kier alpha value is -1.79. The number of carbonyl (C=O) groups excluding carboxylic acids is 1. The van der Waals surface area contributed by atoms with Crippen LogP contribution in [0.4, 0.5) is 0 Å². The topological polar surface area (TPSA) is 165 Å². The number of phenolic OH excluding ortho intramolecular Hbond substituents is 1. The van der Waals surface area contributed by atoms with Crippen molar-refractivity contribution in [2.75, 3.05) is 14.2 Å². The van der Waals surface area contributed by atoms with Crippen LogP contribution in [-0.2, 0) is 9.59 Å². The van der Waals surface area contributed by atoms with Gasteiger partial charge >= 0.3 is 72.7 Å². The van der Waals surface area contributed by atoms with E-state index in [0.717, 1.165) is 6.08 Å². The smallest absolute Gasteiger partial charge is 1.00 e. The molecule has 0 saturated heterocycles. The second-order valence-electron chi connectivity index (χ2n) is 5.27. The van der Waals surface area contributed by atoms with E-state index in [-0.39, 0.29) is 100 Å². The molecule has 0 fully saturated rings. The van der Waals surface area contributed by atoms with E-state index in [2.05, 4.69) is 0 Å². The Bertz CT molecular complexity index is 931. The van der Waals surface area contributed by atoms with Gasteiger partial charge in [0.25, 0.3) is 0 Å². The second-order valence-corrected chi connectivity index (χ2v) is 5.27. The van der Waals surface area contributed by atoms with Gasteiger partial charge in [0.1, 0.15) is 0 Å². The van der Waals surface area contributed by atoms with Crippen LogP contribution in [0.3, 0.4) is 0 Å². The molecule has 0 saturated carbocycles. The van der Waals surface area contributed by atoms with Gasteiger partial charge in [-0.05, 0) is 47.5 Å². The van der Waals surface area contributed by atoms with E-state index in [4.69, 9.17) is 19.3 Å². The van der Waals surface area contributed by atoms with Crippen molar-refractivity contribution in [3.8, 4) is 23.0 Å². The number of ether oxygens (including phenoxy) is 3. The quantitative estimate of drug-likeness (QED) is 0.263. The number of methoxy groups -OCH3 is 2. The summed E-state index contributed by atoms with van der Waals surface area (Å²) in [5, 5.41) is 18.2. The number of hydrogen-bond acceptors (Lipinski definition) is 6. The molecular formula is C20H26CaMgO9. The molecule has 0 aliphatic rings. The van der Waals surface area contributed by atoms with Gasteiger partial charge in [0.05, 0.1) is 14.2 Å². The van der Waals surface area contributed by atoms with Gasteiger partial charge in [-0.25, -0.2) is 9.59 Å². The van der Waals surface area contributed by atoms with Crippen molar-refractivity contribution in [1.82, 2.24) is 0 Å². The maximum absolute atomic E-state index is 12.0. The monoisotopic (exact) mass is 474 g/mol. The third-order valence-corrected chi connectivity index (χ3v) is 3.43. The van der Waals surface area contributed by atoms with Crippen molar-refractivity contribution in [3.05, 3.63) is 59.7 Å². The van der Waals surface area contributed by atoms with Gasteiger partial charge in [-0.15, -0.1) is 0 Å². The number of esters is 1. The summed E-state index contributed by atoms with van der Waals surface area (Å²) in [6.07, 6.45) is 5.13. The van der Waals surface area contributed by atoms with E-state index >= 15 is 0 Å². The van der Waals surface area contributed by atoms with Gasteiger partial charge in [0.15, 0.2) is 23.0 Å². The van der Waals surface area contributed by atoms with Crippen LogP contribution in [0.25, 0.3) is 12.2 Å². The maximum atomic E-state index is 12.0. The summed E-state index contributed by atoms with van der Waals surface area (Å²) in [7, 11) is 2.84. The number of aromatic hydroxyl groups is 1. The van der Waals surface area contributed by atoms with Crippen molar-refractivity contribution in [2.45, 2.75) is 0 Å². The number of phenols is 1. The molecule has 9 nitrogen and oxygen atoms in total. The third-order valence-electron chi connectivity index (χ3n) is 3.43. The van der Waals surface area contributed by atoms with Gasteiger partial charge in [-0.1, -0.05) is 12.1 Å². The van der Waals surface area contributed by atoms with E-state index in [1.165, 1.54) is 44.6 Å². The average molecular weight is 475 g/mol. The molecule has 31 heavy (non-hydrogen) atoms. The largest absolute Gasteiger partial charge is 2.00 e. The fourth-order valence-corrected chi connectivity index (χ4v) is 2.14. The Morgan fingerprint density at radius 2 is 1.39 bits per heavy atom. The van der Waals surface area contributed by atoms with Crippen LogP contribution in [-0.4, -0.2) is 108 Å². The van der Waals surface area contributed by atoms with Crippen LogP contribution in [0.1, 0.15) is 16.8 Å². The molecule has 0 amide bonds. The summed E-state index contributed by atoms with van der Waals surface area (Å²) in [5.74, 6) is -0.927. The number of carboxylic acids is 1. The summed E-state index contributed by atoms with van der Waals surface area (Å²) < 4.78 is 15.4. The Kier molecular flexibility index (Phi) is 18.4. The molecule has 0 aliphatic heterocycles. The summed E-state index contributed by atoms with van der Waals surface area (Å²) in [5.41, 5.74) is 1.23. The predicted octanol–water partition coefficient (Wildman–Crippen LogP) is 1.17. The minimum Gasteiger partial charge on any atom is -1.00 e. The summed E-state index contributed by atoms with van der Waals surface area (Å²) in [4.78, 5) is 22.6. The Balaban J connectivity index is -0.000000196. The third kappa shape index (κ3) is 10.9. The molecular weight excluding hydrogens is 449 g/mol. The molecule has 0 heterocycles. The molecule has 0 bridgehead atoms. The zero-order valence-corrected chi connectivity index (χ0v) is 20.7. The standard InChI is InChI=1S/C20H18O7.Ca.Mg.2H2O.4H/c1-25-17-11-13(3-7-15(17)21)6-10-20(24)27-16-8-4-14(5-9-19(22)23)12-18(16)26-2;;;;;;;;/h3-12,21H,1-2H3,(H,22,23);;;2*1H2;;;;/q;2*+2;;;4*-1.